The minimum absolute atomic E-state index is 0.0122. The number of rotatable bonds is 2. The molecule has 1 rings (SSSR count). The number of carbonyl (C=O) groups excluding carboxylic acids is 1. The van der Waals surface area contributed by atoms with Gasteiger partial charge in [0.05, 0.1) is 12.7 Å². The average molecular weight is 183 g/mol. The van der Waals surface area contributed by atoms with Crippen molar-refractivity contribution < 1.29 is 14.0 Å². The fourth-order valence-corrected chi connectivity index (χ4v) is 0.961. The predicted molar refractivity (Wildman–Crippen MR) is 45.6 cm³/mol. The molecule has 1 aromatic rings. The van der Waals surface area contributed by atoms with Gasteiger partial charge in [0.1, 0.15) is 5.82 Å². The molecule has 0 atom stereocenters. The molecule has 70 valence electrons. The summed E-state index contributed by atoms with van der Waals surface area (Å²) in [4.78, 5) is 15.5. The van der Waals surface area contributed by atoms with Crippen LogP contribution in [-0.2, 0) is 4.84 Å². The average Bonchev–Trinajstić information content (AvgIpc) is 2.09. The molecule has 0 spiro atoms. The zero-order chi connectivity index (χ0) is 9.84. The molecule has 0 saturated carbocycles. The fourth-order valence-electron chi connectivity index (χ4n) is 0.961. The van der Waals surface area contributed by atoms with Gasteiger partial charge in [0.25, 0.3) is 5.91 Å². The van der Waals surface area contributed by atoms with Crippen LogP contribution in [0.15, 0.2) is 18.2 Å². The summed E-state index contributed by atoms with van der Waals surface area (Å²) in [6.07, 6.45) is 0. The third-order valence-corrected chi connectivity index (χ3v) is 1.56. The quantitative estimate of drug-likeness (QED) is 0.704. The number of hydroxylamine groups is 1. The summed E-state index contributed by atoms with van der Waals surface area (Å²) < 4.78 is 13.0. The molecule has 0 heterocycles. The number of nitrogens with one attached hydrogen (secondary N) is 1. The third-order valence-electron chi connectivity index (χ3n) is 1.56. The van der Waals surface area contributed by atoms with Crippen molar-refractivity contribution in [2.75, 3.05) is 7.11 Å². The smallest absolute Gasteiger partial charge is 0.277 e. The van der Waals surface area contributed by atoms with Gasteiger partial charge in [-0.2, -0.15) is 0 Å². The van der Waals surface area contributed by atoms with Crippen molar-refractivity contribution in [2.24, 2.45) is 0 Å². The van der Waals surface area contributed by atoms with Crippen molar-refractivity contribution in [3.05, 3.63) is 35.1 Å². The number of hydrogen-bond donors (Lipinski definition) is 1. The van der Waals surface area contributed by atoms with Crippen LogP contribution in [0.2, 0.25) is 0 Å². The maximum absolute atomic E-state index is 13.0. The maximum atomic E-state index is 13.0. The summed E-state index contributed by atoms with van der Waals surface area (Å²) in [6, 6.07) is 4.31. The van der Waals surface area contributed by atoms with E-state index in [1.807, 2.05) is 0 Å². The molecule has 1 aromatic carbocycles. The predicted octanol–water partition coefficient (Wildman–Crippen LogP) is 1.43. The van der Waals surface area contributed by atoms with Crippen LogP contribution in [0.5, 0.6) is 0 Å². The molecule has 0 saturated heterocycles. The Morgan fingerprint density at radius 2 is 2.23 bits per heavy atom. The molecule has 0 unspecified atom stereocenters. The Morgan fingerprint density at radius 1 is 1.54 bits per heavy atom. The summed E-state index contributed by atoms with van der Waals surface area (Å²) in [7, 11) is 1.30. The van der Waals surface area contributed by atoms with E-state index in [9.17, 15) is 9.18 Å². The number of benzene rings is 1. The Morgan fingerprint density at radius 3 is 2.85 bits per heavy atom. The fraction of sp³-hybridized carbons (Fsp3) is 0.222. The Kier molecular flexibility index (Phi) is 2.97. The van der Waals surface area contributed by atoms with Gasteiger partial charge >= 0.3 is 0 Å². The topological polar surface area (TPSA) is 38.3 Å². The summed E-state index contributed by atoms with van der Waals surface area (Å²) in [5.74, 6) is -1.14. The molecule has 0 radical (unpaired) electrons. The first-order chi connectivity index (χ1) is 6.15. The molecular formula is C9H10FNO2. The van der Waals surface area contributed by atoms with Crippen LogP contribution >= 0.6 is 0 Å². The number of amides is 1. The minimum Gasteiger partial charge on any atom is -0.277 e. The van der Waals surface area contributed by atoms with E-state index in [4.69, 9.17) is 0 Å². The zero-order valence-electron chi connectivity index (χ0n) is 7.43. The van der Waals surface area contributed by atoms with E-state index < -0.39 is 11.7 Å². The van der Waals surface area contributed by atoms with E-state index >= 15 is 0 Å². The molecule has 3 nitrogen and oxygen atoms in total. The first-order valence-electron chi connectivity index (χ1n) is 3.74. The first kappa shape index (κ1) is 9.67. The van der Waals surface area contributed by atoms with Crippen molar-refractivity contribution in [2.45, 2.75) is 6.92 Å². The van der Waals surface area contributed by atoms with Crippen molar-refractivity contribution in [1.82, 2.24) is 5.48 Å². The largest absolute Gasteiger partial charge is 0.277 e. The Labute approximate surface area is 75.5 Å². The lowest BCUT2D eigenvalue weighted by atomic mass is 10.1. The summed E-state index contributed by atoms with van der Waals surface area (Å²) >= 11 is 0. The molecule has 0 bridgehead atoms. The molecule has 0 aliphatic rings. The maximum Gasteiger partial charge on any atom is 0.277 e. The van der Waals surface area contributed by atoms with Gasteiger partial charge in [-0.3, -0.25) is 9.63 Å². The van der Waals surface area contributed by atoms with Crippen molar-refractivity contribution in [1.29, 1.82) is 0 Å². The first-order valence-corrected chi connectivity index (χ1v) is 3.74. The standard InChI is InChI=1S/C9H10FNO2/c1-6-3-4-8(10)7(5-6)9(12)11-13-2/h3-5H,1-2H3,(H,11,12). The van der Waals surface area contributed by atoms with E-state index in [0.29, 0.717) is 0 Å². The van der Waals surface area contributed by atoms with Crippen LogP contribution in [0, 0.1) is 12.7 Å². The van der Waals surface area contributed by atoms with E-state index in [-0.39, 0.29) is 5.56 Å². The SMILES string of the molecule is CONC(=O)c1cc(C)ccc1F. The van der Waals surface area contributed by atoms with Crippen LogP contribution < -0.4 is 5.48 Å². The van der Waals surface area contributed by atoms with Gasteiger partial charge in [-0.15, -0.1) is 0 Å². The highest BCUT2D eigenvalue weighted by atomic mass is 19.1. The highest BCUT2D eigenvalue weighted by Crippen LogP contribution is 2.09. The molecule has 4 heteroatoms. The van der Waals surface area contributed by atoms with E-state index in [0.717, 1.165) is 5.56 Å². The van der Waals surface area contributed by atoms with Crippen LogP contribution in [0.3, 0.4) is 0 Å². The van der Waals surface area contributed by atoms with E-state index in [1.54, 1.807) is 13.0 Å². The van der Waals surface area contributed by atoms with Crippen LogP contribution in [0.4, 0.5) is 4.39 Å². The summed E-state index contributed by atoms with van der Waals surface area (Å²) in [5.41, 5.74) is 2.86. The lowest BCUT2D eigenvalue weighted by Crippen LogP contribution is -2.22. The normalized spacial score (nSPS) is 9.77. The van der Waals surface area contributed by atoms with Gasteiger partial charge in [0.15, 0.2) is 0 Å². The van der Waals surface area contributed by atoms with Crippen LogP contribution in [0.1, 0.15) is 15.9 Å². The molecule has 0 aliphatic heterocycles. The van der Waals surface area contributed by atoms with E-state index in [1.165, 1.54) is 19.2 Å². The monoisotopic (exact) mass is 183 g/mol. The number of hydrogen-bond acceptors (Lipinski definition) is 2. The second-order valence-corrected chi connectivity index (χ2v) is 2.62. The van der Waals surface area contributed by atoms with Crippen LogP contribution in [0.25, 0.3) is 0 Å². The van der Waals surface area contributed by atoms with Gasteiger partial charge in [0.2, 0.25) is 0 Å². The van der Waals surface area contributed by atoms with Gasteiger partial charge in [-0.25, -0.2) is 9.87 Å². The van der Waals surface area contributed by atoms with Gasteiger partial charge in [-0.1, -0.05) is 11.6 Å². The molecule has 13 heavy (non-hydrogen) atoms. The second-order valence-electron chi connectivity index (χ2n) is 2.62. The Balaban J connectivity index is 2.99. The summed E-state index contributed by atoms with van der Waals surface area (Å²) in [6.45, 7) is 1.78. The second kappa shape index (κ2) is 4.00. The molecule has 0 aromatic heterocycles. The number of aryl methyl sites for hydroxylation is 1. The lowest BCUT2D eigenvalue weighted by Gasteiger charge is -2.03. The number of carbonyl (C=O) groups is 1. The van der Waals surface area contributed by atoms with E-state index in [2.05, 4.69) is 10.3 Å². The molecular weight excluding hydrogens is 173 g/mol. The van der Waals surface area contributed by atoms with Gasteiger partial charge < -0.3 is 0 Å². The summed E-state index contributed by atoms with van der Waals surface area (Å²) in [5, 5.41) is 0. The van der Waals surface area contributed by atoms with Crippen molar-refractivity contribution >= 4 is 5.91 Å². The van der Waals surface area contributed by atoms with Crippen molar-refractivity contribution in [3.63, 3.8) is 0 Å². The zero-order valence-corrected chi connectivity index (χ0v) is 7.43. The molecule has 1 N–H and O–H groups in total. The highest BCUT2D eigenvalue weighted by Gasteiger charge is 2.10. The molecule has 0 aliphatic carbocycles. The third kappa shape index (κ3) is 2.26. The highest BCUT2D eigenvalue weighted by molar-refractivity contribution is 5.93. The van der Waals surface area contributed by atoms with Gasteiger partial charge in [-0.05, 0) is 19.1 Å². The number of halogens is 1. The molecule has 0 fully saturated rings. The van der Waals surface area contributed by atoms with Gasteiger partial charge in [0, 0.05) is 0 Å². The molecule has 1 amide bonds. The van der Waals surface area contributed by atoms with Crippen LogP contribution in [-0.4, -0.2) is 13.0 Å². The van der Waals surface area contributed by atoms with Crippen molar-refractivity contribution in [3.8, 4) is 0 Å². The Hall–Kier alpha value is -1.42. The lowest BCUT2D eigenvalue weighted by molar-refractivity contribution is 0.0533. The Bertz CT molecular complexity index is 325. The minimum atomic E-state index is -0.580.